The van der Waals surface area contributed by atoms with Gasteiger partial charge in [-0.1, -0.05) is 17.7 Å². The van der Waals surface area contributed by atoms with Crippen molar-refractivity contribution in [3.8, 4) is 0 Å². The highest BCUT2D eigenvalue weighted by molar-refractivity contribution is 6.30. The van der Waals surface area contributed by atoms with E-state index in [-0.39, 0.29) is 29.6 Å². The first kappa shape index (κ1) is 15.6. The third-order valence-electron chi connectivity index (χ3n) is 2.62. The molecule has 0 aliphatic carbocycles. The Morgan fingerprint density at radius 1 is 1.33 bits per heavy atom. The van der Waals surface area contributed by atoms with Crippen molar-refractivity contribution < 1.29 is 17.9 Å². The topological polar surface area (TPSA) is 21.3 Å². The minimum Gasteiger partial charge on any atom is -0.378 e. The summed E-state index contributed by atoms with van der Waals surface area (Å²) < 4.78 is 43.7. The molecule has 0 saturated carbocycles. The molecule has 1 N–H and O–H groups in total. The molecule has 0 bridgehead atoms. The van der Waals surface area contributed by atoms with Crippen LogP contribution < -0.4 is 5.32 Å². The average Bonchev–Trinajstić information content (AvgIpc) is 2.29. The number of benzene rings is 1. The Balaban J connectivity index is 0.00000162. The maximum Gasteiger partial charge on any atom is 0.416 e. The lowest BCUT2D eigenvalue weighted by molar-refractivity contribution is -0.138. The zero-order chi connectivity index (χ0) is 12.5. The smallest absolute Gasteiger partial charge is 0.378 e. The number of hydrogen-bond donors (Lipinski definition) is 1. The summed E-state index contributed by atoms with van der Waals surface area (Å²) in [7, 11) is 0. The van der Waals surface area contributed by atoms with Crippen molar-refractivity contribution in [2.75, 3.05) is 19.8 Å². The van der Waals surface area contributed by atoms with Gasteiger partial charge in [0.25, 0.3) is 0 Å². The first-order valence-electron chi connectivity index (χ1n) is 5.16. The van der Waals surface area contributed by atoms with Crippen molar-refractivity contribution in [1.29, 1.82) is 0 Å². The molecule has 2 rings (SSSR count). The second-order valence-electron chi connectivity index (χ2n) is 3.81. The number of hydrogen-bond acceptors (Lipinski definition) is 2. The number of morpholine rings is 1. The van der Waals surface area contributed by atoms with Crippen LogP contribution >= 0.6 is 24.0 Å². The molecule has 1 aromatic rings. The fraction of sp³-hybridized carbons (Fsp3) is 0.455. The monoisotopic (exact) mass is 301 g/mol. The van der Waals surface area contributed by atoms with Crippen molar-refractivity contribution in [3.05, 3.63) is 34.3 Å². The maximum atomic E-state index is 12.9. The van der Waals surface area contributed by atoms with E-state index in [0.29, 0.717) is 13.2 Å². The summed E-state index contributed by atoms with van der Waals surface area (Å²) in [6.07, 6.45) is -4.40. The van der Waals surface area contributed by atoms with E-state index in [1.54, 1.807) is 0 Å². The lowest BCUT2D eigenvalue weighted by Crippen LogP contribution is -2.35. The molecule has 1 saturated heterocycles. The van der Waals surface area contributed by atoms with Gasteiger partial charge in [-0.15, -0.1) is 12.4 Å². The van der Waals surface area contributed by atoms with Gasteiger partial charge in [-0.25, -0.2) is 0 Å². The van der Waals surface area contributed by atoms with Gasteiger partial charge in [0, 0.05) is 11.6 Å². The van der Waals surface area contributed by atoms with Crippen molar-refractivity contribution in [3.63, 3.8) is 0 Å². The third-order valence-corrected chi connectivity index (χ3v) is 2.85. The van der Waals surface area contributed by atoms with Crippen molar-refractivity contribution >= 4 is 24.0 Å². The van der Waals surface area contributed by atoms with E-state index in [0.717, 1.165) is 6.07 Å². The Labute approximate surface area is 114 Å². The lowest BCUT2D eigenvalue weighted by Gasteiger charge is -2.26. The molecule has 1 aromatic carbocycles. The van der Waals surface area contributed by atoms with Crippen molar-refractivity contribution in [1.82, 2.24) is 5.32 Å². The molecule has 1 aliphatic rings. The summed E-state index contributed by atoms with van der Waals surface area (Å²) in [5.41, 5.74) is -0.519. The van der Waals surface area contributed by atoms with Gasteiger partial charge >= 0.3 is 6.18 Å². The first-order valence-corrected chi connectivity index (χ1v) is 5.54. The highest BCUT2D eigenvalue weighted by Gasteiger charge is 2.35. The highest BCUT2D eigenvalue weighted by atomic mass is 35.5. The zero-order valence-corrected chi connectivity index (χ0v) is 10.8. The molecule has 1 aliphatic heterocycles. The predicted molar refractivity (Wildman–Crippen MR) is 65.3 cm³/mol. The van der Waals surface area contributed by atoms with Gasteiger partial charge in [-0.05, 0) is 17.7 Å². The largest absolute Gasteiger partial charge is 0.416 e. The van der Waals surface area contributed by atoms with Crippen LogP contribution in [-0.4, -0.2) is 19.8 Å². The normalized spacial score (nSPS) is 20.3. The number of ether oxygens (including phenoxy) is 1. The molecule has 0 amide bonds. The molecular weight excluding hydrogens is 290 g/mol. The Bertz CT molecular complexity index is 406. The Hall–Kier alpha value is -0.490. The van der Waals surface area contributed by atoms with Gasteiger partial charge in [0.1, 0.15) is 0 Å². The van der Waals surface area contributed by atoms with Crippen molar-refractivity contribution in [2.45, 2.75) is 12.2 Å². The van der Waals surface area contributed by atoms with Crippen LogP contribution in [0.5, 0.6) is 0 Å². The van der Waals surface area contributed by atoms with Crippen LogP contribution in [0, 0.1) is 0 Å². The Morgan fingerprint density at radius 2 is 2.06 bits per heavy atom. The minimum absolute atomic E-state index is 0. The van der Waals surface area contributed by atoms with Crippen LogP contribution in [0.2, 0.25) is 5.02 Å². The van der Waals surface area contributed by atoms with Crippen LogP contribution in [0.3, 0.4) is 0 Å². The van der Waals surface area contributed by atoms with E-state index in [4.69, 9.17) is 16.3 Å². The van der Waals surface area contributed by atoms with Crippen LogP contribution in [-0.2, 0) is 10.9 Å². The number of rotatable bonds is 1. The van der Waals surface area contributed by atoms with Gasteiger partial charge in [0.15, 0.2) is 0 Å². The summed E-state index contributed by atoms with van der Waals surface area (Å²) >= 11 is 5.61. The van der Waals surface area contributed by atoms with Crippen LogP contribution in [0.1, 0.15) is 17.2 Å². The SMILES string of the molecule is Cl.FC(F)(F)c1cc(Cl)ccc1[C@H]1COCCN1. The standard InChI is InChI=1S/C11H11ClF3NO.ClH/c12-7-1-2-8(9(5-7)11(13,14)15)10-6-17-4-3-16-10;/h1-2,5,10,16H,3-4,6H2;1H/t10-;/m1./s1. The zero-order valence-electron chi connectivity index (χ0n) is 9.26. The van der Waals surface area contributed by atoms with Crippen LogP contribution in [0.25, 0.3) is 0 Å². The molecule has 0 radical (unpaired) electrons. The molecule has 1 heterocycles. The van der Waals surface area contributed by atoms with Crippen LogP contribution in [0.4, 0.5) is 13.2 Å². The summed E-state index contributed by atoms with van der Waals surface area (Å²) in [4.78, 5) is 0. The van der Waals surface area contributed by atoms with E-state index in [1.165, 1.54) is 12.1 Å². The molecule has 102 valence electrons. The van der Waals surface area contributed by atoms with E-state index in [1.807, 2.05) is 0 Å². The fourth-order valence-electron chi connectivity index (χ4n) is 1.84. The van der Waals surface area contributed by atoms with Crippen molar-refractivity contribution in [2.24, 2.45) is 0 Å². The van der Waals surface area contributed by atoms with E-state index >= 15 is 0 Å². The predicted octanol–water partition coefficient (Wildman–Crippen LogP) is 3.44. The maximum absolute atomic E-state index is 12.9. The van der Waals surface area contributed by atoms with Gasteiger partial charge < -0.3 is 10.1 Å². The van der Waals surface area contributed by atoms with Gasteiger partial charge in [-0.2, -0.15) is 13.2 Å². The van der Waals surface area contributed by atoms with Gasteiger partial charge in [0.05, 0.1) is 24.8 Å². The summed E-state index contributed by atoms with van der Waals surface area (Å²) in [6.45, 7) is 1.31. The number of alkyl halides is 3. The molecule has 0 spiro atoms. The molecule has 1 atom stereocenters. The van der Waals surface area contributed by atoms with E-state index in [2.05, 4.69) is 5.32 Å². The minimum atomic E-state index is -4.40. The van der Waals surface area contributed by atoms with E-state index in [9.17, 15) is 13.2 Å². The summed E-state index contributed by atoms with van der Waals surface area (Å²) in [6, 6.07) is 3.38. The highest BCUT2D eigenvalue weighted by Crippen LogP contribution is 2.36. The first-order chi connectivity index (χ1) is 7.98. The molecule has 0 aromatic heterocycles. The van der Waals surface area contributed by atoms with Gasteiger partial charge in [-0.3, -0.25) is 0 Å². The Morgan fingerprint density at radius 3 is 2.61 bits per heavy atom. The summed E-state index contributed by atoms with van der Waals surface area (Å²) in [5.74, 6) is 0. The molecule has 18 heavy (non-hydrogen) atoms. The lowest BCUT2D eigenvalue weighted by atomic mass is 9.99. The molecule has 1 fully saturated rings. The molecule has 7 heteroatoms. The number of halogens is 5. The van der Waals surface area contributed by atoms with Crippen LogP contribution in [0.15, 0.2) is 18.2 Å². The van der Waals surface area contributed by atoms with Gasteiger partial charge in [0.2, 0.25) is 0 Å². The quantitative estimate of drug-likeness (QED) is 0.858. The molecule has 0 unspecified atom stereocenters. The van der Waals surface area contributed by atoms with E-state index < -0.39 is 17.8 Å². The second kappa shape index (κ2) is 6.10. The molecular formula is C11H12Cl2F3NO. The molecule has 2 nitrogen and oxygen atoms in total. The fourth-order valence-corrected chi connectivity index (χ4v) is 2.02. The number of nitrogens with one attached hydrogen (secondary N) is 1. The second-order valence-corrected chi connectivity index (χ2v) is 4.25. The Kier molecular flexibility index (Phi) is 5.28. The summed E-state index contributed by atoms with van der Waals surface area (Å²) in [5, 5.41) is 3.08. The average molecular weight is 302 g/mol. The third kappa shape index (κ3) is 3.51.